The molecule has 0 unspecified atom stereocenters. The molecule has 300 valence electrons. The molecule has 4 aliphatic heterocycles. The highest BCUT2D eigenvalue weighted by atomic mass is 32.2. The molecular formula is C36H42N6O12S2. The van der Waals surface area contributed by atoms with Crippen LogP contribution in [0.5, 0.6) is 11.5 Å². The van der Waals surface area contributed by atoms with Crippen LogP contribution in [0.25, 0.3) is 0 Å². The quantitative estimate of drug-likeness (QED) is 0.144. The number of β-lactam (4-membered cyclic amide) rings is 2. The van der Waals surface area contributed by atoms with E-state index in [2.05, 4.69) is 10.6 Å². The Morgan fingerprint density at radius 2 is 1.00 bits per heavy atom. The Balaban J connectivity index is 0.000000290. The van der Waals surface area contributed by atoms with Gasteiger partial charge in [-0.25, -0.2) is 9.59 Å². The van der Waals surface area contributed by atoms with Crippen molar-refractivity contribution in [2.45, 2.75) is 48.8 Å². The van der Waals surface area contributed by atoms with Crippen LogP contribution in [0, 0.1) is 0 Å². The number of hydrogen-bond acceptors (Lipinski definition) is 12. The van der Waals surface area contributed by atoms with Crippen molar-refractivity contribution in [2.75, 3.05) is 11.5 Å². The maximum atomic E-state index is 12.5. The van der Waals surface area contributed by atoms with Gasteiger partial charge in [0.1, 0.15) is 57.8 Å². The minimum absolute atomic E-state index is 0. The number of carbonyl (C=O) groups excluding carboxylic acids is 4. The van der Waals surface area contributed by atoms with Crippen LogP contribution in [0.3, 0.4) is 0 Å². The average Bonchev–Trinajstić information content (AvgIpc) is 3.15. The van der Waals surface area contributed by atoms with E-state index in [0.717, 1.165) is 0 Å². The summed E-state index contributed by atoms with van der Waals surface area (Å²) in [7, 11) is 0. The molecular weight excluding hydrogens is 773 g/mol. The van der Waals surface area contributed by atoms with E-state index < -0.39 is 70.5 Å². The van der Waals surface area contributed by atoms with E-state index in [-0.39, 0.29) is 33.8 Å². The van der Waals surface area contributed by atoms with Crippen molar-refractivity contribution in [3.8, 4) is 11.5 Å². The van der Waals surface area contributed by atoms with Crippen LogP contribution in [0.1, 0.15) is 37.1 Å². The van der Waals surface area contributed by atoms with Gasteiger partial charge in [-0.05, 0) is 60.4 Å². The van der Waals surface area contributed by atoms with E-state index >= 15 is 0 Å². The van der Waals surface area contributed by atoms with Gasteiger partial charge in [0.05, 0.1) is 0 Å². The third-order valence-corrected chi connectivity index (χ3v) is 11.4. The second-order valence-electron chi connectivity index (χ2n) is 12.3. The van der Waals surface area contributed by atoms with Crippen molar-refractivity contribution in [2.24, 2.45) is 11.5 Å². The second kappa shape index (κ2) is 18.8. The molecule has 0 saturated carbocycles. The highest BCUT2D eigenvalue weighted by molar-refractivity contribution is 8.00. The van der Waals surface area contributed by atoms with Crippen molar-refractivity contribution in [3.63, 3.8) is 0 Å². The van der Waals surface area contributed by atoms with E-state index in [1.807, 2.05) is 0 Å². The Morgan fingerprint density at radius 3 is 1.29 bits per heavy atom. The van der Waals surface area contributed by atoms with Gasteiger partial charge in [-0.1, -0.05) is 48.6 Å². The normalized spacial score (nSPS) is 22.2. The van der Waals surface area contributed by atoms with Crippen molar-refractivity contribution in [1.82, 2.24) is 20.4 Å². The second-order valence-corrected chi connectivity index (χ2v) is 14.5. The molecule has 2 saturated heterocycles. The maximum absolute atomic E-state index is 12.5. The van der Waals surface area contributed by atoms with Gasteiger partial charge >= 0.3 is 11.9 Å². The zero-order valence-electron chi connectivity index (χ0n) is 29.9. The molecule has 0 aromatic heterocycles. The first-order valence-electron chi connectivity index (χ1n) is 16.5. The summed E-state index contributed by atoms with van der Waals surface area (Å²) >= 11 is 2.78. The summed E-state index contributed by atoms with van der Waals surface area (Å²) < 4.78 is 0. The SMILES string of the molecule is C/C=C\C1=C(C(=O)O)N2C(=O)[C@@H](NC(=O)[C@H](N)c3ccc(O)cc3)[C@H]2SC1.C/C=C\C1=C(C(=O)O)N2C(=O)[C@@H](NC(=O)[C@H](N)c3ccc(O)cc3)[C@H]2SC1.O.O. The monoisotopic (exact) mass is 814 g/mol. The van der Waals surface area contributed by atoms with Crippen LogP contribution >= 0.6 is 23.5 Å². The Labute approximate surface area is 328 Å². The predicted molar refractivity (Wildman–Crippen MR) is 206 cm³/mol. The average molecular weight is 815 g/mol. The topological polar surface area (TPSA) is 329 Å². The van der Waals surface area contributed by atoms with E-state index in [0.29, 0.717) is 33.8 Å². The lowest BCUT2D eigenvalue weighted by Crippen LogP contribution is -2.71. The zero-order chi connectivity index (χ0) is 39.4. The lowest BCUT2D eigenvalue weighted by Gasteiger charge is -2.49. The van der Waals surface area contributed by atoms with Crippen molar-refractivity contribution < 1.29 is 60.1 Å². The fourth-order valence-corrected chi connectivity index (χ4v) is 8.73. The molecule has 4 amide bonds. The number of nitrogens with two attached hydrogens (primary N) is 2. The number of phenols is 2. The maximum Gasteiger partial charge on any atom is 0.352 e. The molecule has 56 heavy (non-hydrogen) atoms. The van der Waals surface area contributed by atoms with Crippen LogP contribution in [0.15, 0.2) is 95.4 Å². The summed E-state index contributed by atoms with van der Waals surface area (Å²) in [6, 6.07) is 8.12. The number of carboxylic acid groups (broad SMARTS) is 2. The summed E-state index contributed by atoms with van der Waals surface area (Å²) in [5.41, 5.74) is 13.9. The number of amides is 4. The Bertz CT molecular complexity index is 1840. The van der Waals surface area contributed by atoms with Crippen molar-refractivity contribution >= 4 is 59.1 Å². The number of hydrogen-bond donors (Lipinski definition) is 8. The van der Waals surface area contributed by atoms with Gasteiger partial charge in [-0.2, -0.15) is 0 Å². The Hall–Kier alpha value is -5.64. The standard InChI is InChI=1S/2C18H19N3O5S.2H2O/c2*1-2-3-10-8-27-17-13(16(24)21(17)14(10)18(25)26)20-15(23)12(19)9-4-6-11(22)7-5-9;;/h2*2-7,12-13,17,22H,8,19H2,1H3,(H,20,23)(H,25,26);2*1H2/b2*3-2-;;/t2*12-,13-,17-;;/m11../s1. The van der Waals surface area contributed by atoms with Crippen molar-refractivity contribution in [1.29, 1.82) is 0 Å². The number of thioether (sulfide) groups is 2. The smallest absolute Gasteiger partial charge is 0.352 e. The first-order chi connectivity index (χ1) is 25.7. The molecule has 4 aliphatic rings. The molecule has 0 radical (unpaired) electrons. The summed E-state index contributed by atoms with van der Waals surface area (Å²) in [6.45, 7) is 3.55. The highest BCUT2D eigenvalue weighted by Crippen LogP contribution is 2.42. The first-order valence-corrected chi connectivity index (χ1v) is 18.6. The number of fused-ring (bicyclic) bond motifs is 2. The third kappa shape index (κ3) is 8.91. The molecule has 4 heterocycles. The lowest BCUT2D eigenvalue weighted by molar-refractivity contribution is -0.150. The summed E-state index contributed by atoms with van der Waals surface area (Å²) in [5.74, 6) is -3.42. The fourth-order valence-electron chi connectivity index (χ4n) is 6.10. The van der Waals surface area contributed by atoms with Gasteiger partial charge in [0, 0.05) is 11.5 Å². The molecule has 0 spiro atoms. The van der Waals surface area contributed by atoms with Crippen LogP contribution in [0.4, 0.5) is 0 Å². The lowest BCUT2D eigenvalue weighted by atomic mass is 10.0. The number of aliphatic carboxylic acids is 2. The summed E-state index contributed by atoms with van der Waals surface area (Å²) in [6.07, 6.45) is 6.79. The predicted octanol–water partition coefficient (Wildman–Crippen LogP) is -0.236. The first kappa shape index (κ1) is 44.8. The third-order valence-electron chi connectivity index (χ3n) is 8.80. The number of aromatic hydroxyl groups is 2. The number of nitrogens with zero attached hydrogens (tertiary/aromatic N) is 2. The molecule has 0 aliphatic carbocycles. The Morgan fingerprint density at radius 1 is 0.679 bits per heavy atom. The molecule has 14 N–H and O–H groups in total. The molecule has 6 rings (SSSR count). The van der Waals surface area contributed by atoms with Gasteiger partial charge in [0.25, 0.3) is 11.8 Å². The number of nitrogens with one attached hydrogen (secondary N) is 2. The van der Waals surface area contributed by atoms with E-state index in [4.69, 9.17) is 11.5 Å². The number of benzene rings is 2. The van der Waals surface area contributed by atoms with Gasteiger partial charge in [-0.3, -0.25) is 29.0 Å². The number of carboxylic acids is 2. The number of carbonyl (C=O) groups is 6. The van der Waals surface area contributed by atoms with Gasteiger partial charge in [0.15, 0.2) is 0 Å². The number of allylic oxidation sites excluding steroid dienone is 4. The molecule has 18 nitrogen and oxygen atoms in total. The number of rotatable bonds is 10. The van der Waals surface area contributed by atoms with E-state index in [9.17, 15) is 49.2 Å². The van der Waals surface area contributed by atoms with E-state index in [1.54, 1.807) is 38.2 Å². The minimum Gasteiger partial charge on any atom is -0.508 e. The van der Waals surface area contributed by atoms with Crippen LogP contribution in [-0.2, 0) is 28.8 Å². The van der Waals surface area contributed by atoms with E-state index in [1.165, 1.54) is 81.9 Å². The van der Waals surface area contributed by atoms with Gasteiger partial charge in [-0.15, -0.1) is 23.5 Å². The summed E-state index contributed by atoms with van der Waals surface area (Å²) in [4.78, 5) is 75.5. The molecule has 0 bridgehead atoms. The fraction of sp³-hybridized carbons (Fsp3) is 0.278. The van der Waals surface area contributed by atoms with Gasteiger partial charge in [0.2, 0.25) is 11.8 Å². The largest absolute Gasteiger partial charge is 0.508 e. The molecule has 2 aromatic rings. The zero-order valence-corrected chi connectivity index (χ0v) is 31.5. The number of phenolic OH excluding ortho intramolecular Hbond substituents is 2. The molecule has 20 heteroatoms. The minimum atomic E-state index is -1.17. The highest BCUT2D eigenvalue weighted by Gasteiger charge is 2.55. The van der Waals surface area contributed by atoms with Crippen LogP contribution < -0.4 is 22.1 Å². The summed E-state index contributed by atoms with van der Waals surface area (Å²) in [5, 5.41) is 41.9. The van der Waals surface area contributed by atoms with Crippen LogP contribution in [-0.4, -0.2) is 111 Å². The molecule has 2 fully saturated rings. The van der Waals surface area contributed by atoms with Gasteiger partial charge < -0.3 is 53.5 Å². The molecule has 2 aromatic carbocycles. The molecule has 6 atom stereocenters. The Kier molecular flexibility index (Phi) is 15.0. The van der Waals surface area contributed by atoms with Crippen molar-refractivity contribution in [3.05, 3.63) is 107 Å². The van der Waals surface area contributed by atoms with Crippen LogP contribution in [0.2, 0.25) is 0 Å².